The van der Waals surface area contributed by atoms with Crippen LogP contribution in [0.4, 0.5) is 0 Å². The van der Waals surface area contributed by atoms with Crippen molar-refractivity contribution in [3.63, 3.8) is 0 Å². The van der Waals surface area contributed by atoms with Gasteiger partial charge < -0.3 is 20.1 Å². The number of nitrogens with one attached hydrogen (secondary N) is 2. The van der Waals surface area contributed by atoms with Crippen molar-refractivity contribution in [1.29, 1.82) is 0 Å². The Morgan fingerprint density at radius 3 is 2.41 bits per heavy atom. The maximum absolute atomic E-state index is 11.9. The average molecular weight is 391 g/mol. The van der Waals surface area contributed by atoms with Gasteiger partial charge in [0.15, 0.2) is 6.61 Å². The molecule has 0 aliphatic carbocycles. The SMILES string of the molecule is Cl.O=C(COc1ccc(OCc2ccccc2)cc1)NCC1CCCNC1. The van der Waals surface area contributed by atoms with Crippen LogP contribution < -0.4 is 20.1 Å². The lowest BCUT2D eigenvalue weighted by Crippen LogP contribution is -2.39. The van der Waals surface area contributed by atoms with Crippen molar-refractivity contribution >= 4 is 18.3 Å². The molecular weight excluding hydrogens is 364 g/mol. The Bertz CT molecular complexity index is 674. The lowest BCUT2D eigenvalue weighted by atomic mass is 10.00. The number of rotatable bonds is 8. The van der Waals surface area contributed by atoms with Gasteiger partial charge in [0.05, 0.1) is 0 Å². The van der Waals surface area contributed by atoms with Gasteiger partial charge in [-0.2, -0.15) is 0 Å². The van der Waals surface area contributed by atoms with Crippen LogP contribution >= 0.6 is 12.4 Å². The minimum absolute atomic E-state index is 0. The second kappa shape index (κ2) is 11.5. The van der Waals surface area contributed by atoms with E-state index in [1.165, 1.54) is 12.8 Å². The van der Waals surface area contributed by atoms with Crippen LogP contribution in [0.3, 0.4) is 0 Å². The van der Waals surface area contributed by atoms with Gasteiger partial charge in [-0.25, -0.2) is 0 Å². The highest BCUT2D eigenvalue weighted by Crippen LogP contribution is 2.18. The summed E-state index contributed by atoms with van der Waals surface area (Å²) in [5, 5.41) is 6.29. The number of halogens is 1. The third-order valence-electron chi connectivity index (χ3n) is 4.43. The molecule has 2 N–H and O–H groups in total. The second-order valence-corrected chi connectivity index (χ2v) is 6.55. The summed E-state index contributed by atoms with van der Waals surface area (Å²) in [4.78, 5) is 11.9. The Kier molecular flexibility index (Phi) is 8.95. The molecule has 5 nitrogen and oxygen atoms in total. The first-order chi connectivity index (χ1) is 12.8. The fraction of sp³-hybridized carbons (Fsp3) is 0.381. The number of benzene rings is 2. The molecule has 1 atom stereocenters. The summed E-state index contributed by atoms with van der Waals surface area (Å²) in [5.74, 6) is 1.87. The maximum Gasteiger partial charge on any atom is 0.257 e. The Labute approximate surface area is 166 Å². The number of hydrogen-bond donors (Lipinski definition) is 2. The van der Waals surface area contributed by atoms with E-state index in [0.717, 1.165) is 24.4 Å². The van der Waals surface area contributed by atoms with Gasteiger partial charge in [-0.15, -0.1) is 12.4 Å². The molecule has 0 saturated carbocycles. The lowest BCUT2D eigenvalue weighted by Gasteiger charge is -2.22. The zero-order chi connectivity index (χ0) is 18.0. The van der Waals surface area contributed by atoms with E-state index in [0.29, 0.717) is 24.8 Å². The van der Waals surface area contributed by atoms with Crippen molar-refractivity contribution in [2.45, 2.75) is 19.4 Å². The predicted molar refractivity (Wildman–Crippen MR) is 109 cm³/mol. The molecule has 3 rings (SSSR count). The number of piperidine rings is 1. The average Bonchev–Trinajstić information content (AvgIpc) is 2.71. The molecule has 1 aliphatic rings. The van der Waals surface area contributed by atoms with Crippen molar-refractivity contribution in [2.75, 3.05) is 26.2 Å². The van der Waals surface area contributed by atoms with Crippen LogP contribution in [0.1, 0.15) is 18.4 Å². The minimum Gasteiger partial charge on any atom is -0.489 e. The third kappa shape index (κ3) is 7.49. The molecule has 1 heterocycles. The van der Waals surface area contributed by atoms with E-state index in [9.17, 15) is 4.79 Å². The number of ether oxygens (including phenoxy) is 2. The molecule has 1 aliphatic heterocycles. The molecule has 1 saturated heterocycles. The summed E-state index contributed by atoms with van der Waals surface area (Å²) in [7, 11) is 0. The Hall–Kier alpha value is -2.24. The van der Waals surface area contributed by atoms with Gasteiger partial charge in [-0.05, 0) is 61.7 Å². The zero-order valence-corrected chi connectivity index (χ0v) is 16.2. The van der Waals surface area contributed by atoms with Crippen molar-refractivity contribution < 1.29 is 14.3 Å². The number of carbonyl (C=O) groups excluding carboxylic acids is 1. The fourth-order valence-corrected chi connectivity index (χ4v) is 2.93. The van der Waals surface area contributed by atoms with Crippen LogP contribution in [0, 0.1) is 5.92 Å². The molecule has 146 valence electrons. The quantitative estimate of drug-likeness (QED) is 0.726. The summed E-state index contributed by atoms with van der Waals surface area (Å²) in [5.41, 5.74) is 1.12. The highest BCUT2D eigenvalue weighted by Gasteiger charge is 2.13. The van der Waals surface area contributed by atoms with Crippen molar-refractivity contribution in [1.82, 2.24) is 10.6 Å². The molecule has 1 amide bonds. The van der Waals surface area contributed by atoms with Gasteiger partial charge in [0.1, 0.15) is 18.1 Å². The summed E-state index contributed by atoms with van der Waals surface area (Å²) in [6.45, 7) is 3.33. The van der Waals surface area contributed by atoms with Crippen LogP contribution in [0.25, 0.3) is 0 Å². The van der Waals surface area contributed by atoms with Crippen LogP contribution in [-0.4, -0.2) is 32.1 Å². The van der Waals surface area contributed by atoms with Gasteiger partial charge in [0.25, 0.3) is 5.91 Å². The highest BCUT2D eigenvalue weighted by molar-refractivity contribution is 5.85. The summed E-state index contributed by atoms with van der Waals surface area (Å²) >= 11 is 0. The van der Waals surface area contributed by atoms with Crippen molar-refractivity contribution in [3.05, 3.63) is 60.2 Å². The molecule has 0 aromatic heterocycles. The third-order valence-corrected chi connectivity index (χ3v) is 4.43. The molecule has 0 radical (unpaired) electrons. The van der Waals surface area contributed by atoms with E-state index in [-0.39, 0.29) is 24.9 Å². The van der Waals surface area contributed by atoms with Crippen LogP contribution in [0.15, 0.2) is 54.6 Å². The molecule has 1 fully saturated rings. The number of hydrogen-bond acceptors (Lipinski definition) is 4. The van der Waals surface area contributed by atoms with E-state index in [1.54, 1.807) is 0 Å². The topological polar surface area (TPSA) is 59.6 Å². The van der Waals surface area contributed by atoms with Gasteiger partial charge >= 0.3 is 0 Å². The van der Waals surface area contributed by atoms with Crippen LogP contribution in [0.5, 0.6) is 11.5 Å². The normalized spacial score (nSPS) is 16.1. The van der Waals surface area contributed by atoms with Crippen molar-refractivity contribution in [3.8, 4) is 11.5 Å². The largest absolute Gasteiger partial charge is 0.489 e. The first kappa shape index (κ1) is 21.1. The molecule has 1 unspecified atom stereocenters. The predicted octanol–water partition coefficient (Wildman–Crippen LogP) is 3.18. The van der Waals surface area contributed by atoms with E-state index in [1.807, 2.05) is 54.6 Å². The standard InChI is InChI=1S/C21H26N2O3.ClH/c24-21(23-14-18-7-4-12-22-13-18)16-26-20-10-8-19(9-11-20)25-15-17-5-2-1-3-6-17;/h1-3,5-6,8-11,18,22H,4,7,12-16H2,(H,23,24);1H. The Balaban J connectivity index is 0.00000261. The smallest absolute Gasteiger partial charge is 0.257 e. The molecule has 2 aromatic rings. The van der Waals surface area contributed by atoms with Gasteiger partial charge in [-0.1, -0.05) is 30.3 Å². The number of carbonyl (C=O) groups is 1. The van der Waals surface area contributed by atoms with Gasteiger partial charge in [0, 0.05) is 6.54 Å². The van der Waals surface area contributed by atoms with E-state index >= 15 is 0 Å². The molecule has 6 heteroatoms. The monoisotopic (exact) mass is 390 g/mol. The molecular formula is C21H27ClN2O3. The summed E-state index contributed by atoms with van der Waals surface area (Å²) < 4.78 is 11.3. The number of amides is 1. The zero-order valence-electron chi connectivity index (χ0n) is 15.4. The van der Waals surface area contributed by atoms with E-state index in [4.69, 9.17) is 9.47 Å². The van der Waals surface area contributed by atoms with E-state index < -0.39 is 0 Å². The molecule has 0 bridgehead atoms. The Morgan fingerprint density at radius 2 is 1.74 bits per heavy atom. The first-order valence-corrected chi connectivity index (χ1v) is 9.16. The second-order valence-electron chi connectivity index (χ2n) is 6.55. The van der Waals surface area contributed by atoms with Crippen molar-refractivity contribution in [2.24, 2.45) is 5.92 Å². The van der Waals surface area contributed by atoms with Gasteiger partial charge in [-0.3, -0.25) is 4.79 Å². The fourth-order valence-electron chi connectivity index (χ4n) is 2.93. The lowest BCUT2D eigenvalue weighted by molar-refractivity contribution is -0.123. The van der Waals surface area contributed by atoms with E-state index in [2.05, 4.69) is 10.6 Å². The summed E-state index contributed by atoms with van der Waals surface area (Å²) in [6, 6.07) is 17.4. The molecule has 2 aromatic carbocycles. The van der Waals surface area contributed by atoms with Crippen LogP contribution in [-0.2, 0) is 11.4 Å². The molecule has 27 heavy (non-hydrogen) atoms. The van der Waals surface area contributed by atoms with Gasteiger partial charge in [0.2, 0.25) is 0 Å². The summed E-state index contributed by atoms with van der Waals surface area (Å²) in [6.07, 6.45) is 2.34. The Morgan fingerprint density at radius 1 is 1.04 bits per heavy atom. The molecule has 0 spiro atoms. The maximum atomic E-state index is 11.9. The highest BCUT2D eigenvalue weighted by atomic mass is 35.5. The first-order valence-electron chi connectivity index (χ1n) is 9.16. The minimum atomic E-state index is -0.0834. The van der Waals surface area contributed by atoms with Crippen LogP contribution in [0.2, 0.25) is 0 Å².